The van der Waals surface area contributed by atoms with Crippen molar-refractivity contribution in [3.05, 3.63) is 0 Å². The molecular formula is C11H24N2O. The monoisotopic (exact) mass is 200 g/mol. The van der Waals surface area contributed by atoms with Gasteiger partial charge >= 0.3 is 0 Å². The fraction of sp³-hybridized carbons (Fsp3) is 1.00. The summed E-state index contributed by atoms with van der Waals surface area (Å²) in [5.41, 5.74) is 6.01. The number of hydrogen-bond donors (Lipinski definition) is 1. The minimum atomic E-state index is 0.206. The van der Waals surface area contributed by atoms with Gasteiger partial charge in [0.1, 0.15) is 0 Å². The molecule has 0 aromatic carbocycles. The van der Waals surface area contributed by atoms with Gasteiger partial charge in [-0.05, 0) is 40.2 Å². The molecule has 0 radical (unpaired) electrons. The van der Waals surface area contributed by atoms with Gasteiger partial charge in [-0.25, -0.2) is 0 Å². The van der Waals surface area contributed by atoms with Crippen LogP contribution in [0.15, 0.2) is 0 Å². The molecule has 0 spiro atoms. The first kappa shape index (κ1) is 12.0. The summed E-state index contributed by atoms with van der Waals surface area (Å²) in [5, 5.41) is 0. The summed E-state index contributed by atoms with van der Waals surface area (Å²) in [5.74, 6) is 0. The van der Waals surface area contributed by atoms with Crippen molar-refractivity contribution >= 4 is 0 Å². The second kappa shape index (κ2) is 5.10. The molecule has 1 heterocycles. The number of nitrogens with zero attached hydrogens (tertiary/aromatic N) is 1. The molecular weight excluding hydrogens is 176 g/mol. The fourth-order valence-corrected chi connectivity index (χ4v) is 2.18. The number of ether oxygens (including phenoxy) is 1. The minimum Gasteiger partial charge on any atom is -0.376 e. The fourth-order valence-electron chi connectivity index (χ4n) is 2.18. The topological polar surface area (TPSA) is 38.5 Å². The van der Waals surface area contributed by atoms with Crippen LogP contribution in [0.1, 0.15) is 33.6 Å². The molecule has 0 aliphatic carbocycles. The summed E-state index contributed by atoms with van der Waals surface area (Å²) in [6.07, 6.45) is 2.80. The molecule has 1 rings (SSSR count). The smallest absolute Gasteiger partial charge is 0.0823 e. The van der Waals surface area contributed by atoms with E-state index < -0.39 is 0 Å². The van der Waals surface area contributed by atoms with Crippen molar-refractivity contribution in [3.8, 4) is 0 Å². The van der Waals surface area contributed by atoms with Crippen molar-refractivity contribution in [1.29, 1.82) is 0 Å². The molecule has 0 aromatic rings. The van der Waals surface area contributed by atoms with E-state index in [4.69, 9.17) is 10.5 Å². The zero-order valence-corrected chi connectivity index (χ0v) is 9.75. The standard InChI is InChI=1S/C11H24N2O/c1-4-14-10(8-12)9-13-7-5-6-11(13,2)3/h10H,4-9,12H2,1-3H3. The number of nitrogens with two attached hydrogens (primary N) is 1. The lowest BCUT2D eigenvalue weighted by molar-refractivity contribution is 0.0231. The molecule has 1 aliphatic rings. The molecule has 1 aliphatic heterocycles. The molecule has 0 aromatic heterocycles. The molecule has 1 unspecified atom stereocenters. The van der Waals surface area contributed by atoms with Gasteiger partial charge in [0, 0.05) is 25.2 Å². The predicted molar refractivity (Wildman–Crippen MR) is 59.4 cm³/mol. The molecule has 2 N–H and O–H groups in total. The van der Waals surface area contributed by atoms with Crippen molar-refractivity contribution in [3.63, 3.8) is 0 Å². The van der Waals surface area contributed by atoms with Gasteiger partial charge in [-0.2, -0.15) is 0 Å². The number of rotatable bonds is 5. The van der Waals surface area contributed by atoms with Crippen molar-refractivity contribution < 1.29 is 4.74 Å². The summed E-state index contributed by atoms with van der Waals surface area (Å²) in [7, 11) is 0. The van der Waals surface area contributed by atoms with Crippen molar-refractivity contribution in [2.75, 3.05) is 26.2 Å². The molecule has 3 nitrogen and oxygen atoms in total. The van der Waals surface area contributed by atoms with E-state index in [2.05, 4.69) is 18.7 Å². The molecule has 1 saturated heterocycles. The van der Waals surface area contributed by atoms with Crippen LogP contribution in [0, 0.1) is 0 Å². The molecule has 1 atom stereocenters. The highest BCUT2D eigenvalue weighted by atomic mass is 16.5. The quantitative estimate of drug-likeness (QED) is 0.725. The first-order chi connectivity index (χ1) is 6.60. The van der Waals surface area contributed by atoms with E-state index in [1.54, 1.807) is 0 Å². The normalized spacial score (nSPS) is 24.0. The van der Waals surface area contributed by atoms with Crippen LogP contribution in [-0.2, 0) is 4.74 Å². The van der Waals surface area contributed by atoms with Crippen molar-refractivity contribution in [1.82, 2.24) is 4.90 Å². The van der Waals surface area contributed by atoms with E-state index in [9.17, 15) is 0 Å². The Kier molecular flexibility index (Phi) is 4.35. The molecule has 84 valence electrons. The first-order valence-electron chi connectivity index (χ1n) is 5.67. The SMILES string of the molecule is CCOC(CN)CN1CCCC1(C)C. The Morgan fingerprint density at radius 3 is 2.64 bits per heavy atom. The van der Waals surface area contributed by atoms with Crippen LogP contribution >= 0.6 is 0 Å². The van der Waals surface area contributed by atoms with E-state index in [1.807, 2.05) is 6.92 Å². The van der Waals surface area contributed by atoms with Gasteiger partial charge in [0.25, 0.3) is 0 Å². The minimum absolute atomic E-state index is 0.206. The average molecular weight is 200 g/mol. The third-order valence-corrected chi connectivity index (χ3v) is 3.16. The maximum atomic E-state index is 5.67. The maximum absolute atomic E-state index is 5.67. The summed E-state index contributed by atoms with van der Waals surface area (Å²) < 4.78 is 5.58. The van der Waals surface area contributed by atoms with Gasteiger partial charge < -0.3 is 10.5 Å². The van der Waals surface area contributed by atoms with Crippen LogP contribution in [0.3, 0.4) is 0 Å². The second-order valence-electron chi connectivity index (χ2n) is 4.68. The Morgan fingerprint density at radius 2 is 2.21 bits per heavy atom. The molecule has 1 fully saturated rings. The zero-order chi connectivity index (χ0) is 10.6. The molecule has 14 heavy (non-hydrogen) atoms. The average Bonchev–Trinajstić information content (AvgIpc) is 2.45. The van der Waals surface area contributed by atoms with Crippen LogP contribution in [0.5, 0.6) is 0 Å². The summed E-state index contributed by atoms with van der Waals surface area (Å²) in [6, 6.07) is 0. The molecule has 0 bridgehead atoms. The van der Waals surface area contributed by atoms with Crippen LogP contribution in [0.25, 0.3) is 0 Å². The number of hydrogen-bond acceptors (Lipinski definition) is 3. The Bertz CT molecular complexity index is 171. The Hall–Kier alpha value is -0.120. The molecule has 0 amide bonds. The van der Waals surface area contributed by atoms with Crippen molar-refractivity contribution in [2.45, 2.75) is 45.3 Å². The van der Waals surface area contributed by atoms with Gasteiger partial charge in [-0.1, -0.05) is 0 Å². The van der Waals surface area contributed by atoms with Gasteiger partial charge in [-0.3, -0.25) is 4.90 Å². The highest BCUT2D eigenvalue weighted by molar-refractivity contribution is 4.89. The lowest BCUT2D eigenvalue weighted by Crippen LogP contribution is -2.45. The predicted octanol–water partition coefficient (Wildman–Crippen LogP) is 1.22. The Morgan fingerprint density at radius 1 is 1.50 bits per heavy atom. The lowest BCUT2D eigenvalue weighted by atomic mass is 10.0. The number of likely N-dealkylation sites (tertiary alicyclic amines) is 1. The van der Waals surface area contributed by atoms with Gasteiger partial charge in [0.2, 0.25) is 0 Å². The summed E-state index contributed by atoms with van der Waals surface area (Å²) >= 11 is 0. The lowest BCUT2D eigenvalue weighted by Gasteiger charge is -2.34. The maximum Gasteiger partial charge on any atom is 0.0823 e. The highest BCUT2D eigenvalue weighted by Crippen LogP contribution is 2.28. The summed E-state index contributed by atoms with van der Waals surface area (Å²) in [4.78, 5) is 2.50. The molecule has 3 heteroatoms. The second-order valence-corrected chi connectivity index (χ2v) is 4.68. The Balaban J connectivity index is 2.41. The van der Waals surface area contributed by atoms with Crippen LogP contribution in [0.4, 0.5) is 0 Å². The highest BCUT2D eigenvalue weighted by Gasteiger charge is 2.32. The van der Waals surface area contributed by atoms with E-state index in [0.29, 0.717) is 12.1 Å². The van der Waals surface area contributed by atoms with E-state index in [1.165, 1.54) is 19.4 Å². The van der Waals surface area contributed by atoms with E-state index in [0.717, 1.165) is 13.2 Å². The van der Waals surface area contributed by atoms with Crippen molar-refractivity contribution in [2.24, 2.45) is 5.73 Å². The van der Waals surface area contributed by atoms with Gasteiger partial charge in [-0.15, -0.1) is 0 Å². The van der Waals surface area contributed by atoms with Crippen LogP contribution in [0.2, 0.25) is 0 Å². The third kappa shape index (κ3) is 2.94. The van der Waals surface area contributed by atoms with E-state index >= 15 is 0 Å². The molecule has 0 saturated carbocycles. The Labute approximate surface area is 87.6 Å². The first-order valence-corrected chi connectivity index (χ1v) is 5.67. The summed E-state index contributed by atoms with van der Waals surface area (Å²) in [6.45, 7) is 10.2. The largest absolute Gasteiger partial charge is 0.376 e. The van der Waals surface area contributed by atoms with Gasteiger partial charge in [0.15, 0.2) is 0 Å². The van der Waals surface area contributed by atoms with Crippen LogP contribution in [-0.4, -0.2) is 42.8 Å². The van der Waals surface area contributed by atoms with E-state index in [-0.39, 0.29) is 6.10 Å². The zero-order valence-electron chi connectivity index (χ0n) is 9.75. The van der Waals surface area contributed by atoms with Crippen LogP contribution < -0.4 is 5.73 Å². The van der Waals surface area contributed by atoms with Gasteiger partial charge in [0.05, 0.1) is 6.10 Å². The third-order valence-electron chi connectivity index (χ3n) is 3.16.